The van der Waals surface area contributed by atoms with Crippen LogP contribution in [-0.4, -0.2) is 40.5 Å². The first-order chi connectivity index (χ1) is 12.6. The minimum absolute atomic E-state index is 0.0139. The molecule has 8 nitrogen and oxygen atoms in total. The molecule has 27 heavy (non-hydrogen) atoms. The van der Waals surface area contributed by atoms with E-state index in [0.717, 1.165) is 22.1 Å². The molecule has 0 aliphatic carbocycles. The first-order valence-corrected chi connectivity index (χ1v) is 9.90. The molecule has 0 spiro atoms. The highest BCUT2D eigenvalue weighted by atomic mass is 32.2. The molecule has 0 fully saturated rings. The van der Waals surface area contributed by atoms with Gasteiger partial charge >= 0.3 is 5.69 Å². The fourth-order valence-corrected chi connectivity index (χ4v) is 3.37. The lowest BCUT2D eigenvalue weighted by Crippen LogP contribution is -3.06. The Morgan fingerprint density at radius 2 is 1.81 bits per heavy atom. The number of nitrogens with zero attached hydrogens (tertiary/aromatic N) is 1. The van der Waals surface area contributed by atoms with Crippen molar-refractivity contribution in [2.75, 3.05) is 27.2 Å². The number of nitrogens with one attached hydrogen (secondary N) is 2. The molecule has 0 saturated heterocycles. The molecule has 0 aliphatic heterocycles. The fraction of sp³-hybridized carbons (Fsp3) is 0.333. The molecule has 0 aliphatic rings. The maximum Gasteiger partial charge on any atom is 0.312 e. The molecule has 2 rings (SSSR count). The predicted octanol–water partition coefficient (Wildman–Crippen LogP) is 1.43. The molecule has 0 saturated carbocycles. The lowest BCUT2D eigenvalue weighted by molar-refractivity contribution is -0.856. The van der Waals surface area contributed by atoms with Crippen LogP contribution in [0.1, 0.15) is 11.1 Å². The number of likely N-dealkylation sites (N-methyl/N-ethyl adjacent to an activating group) is 1. The smallest absolute Gasteiger partial charge is 0.312 e. The number of benzene rings is 2. The highest BCUT2D eigenvalue weighted by molar-refractivity contribution is 7.89. The Morgan fingerprint density at radius 1 is 1.11 bits per heavy atom. The first-order valence-electron chi connectivity index (χ1n) is 8.42. The lowest BCUT2D eigenvalue weighted by Gasteiger charge is -2.11. The summed E-state index contributed by atoms with van der Waals surface area (Å²) in [5, 5.41) is 11.4. The monoisotopic (exact) mass is 394 g/mol. The van der Waals surface area contributed by atoms with Gasteiger partial charge in [-0.05, 0) is 49.2 Å². The number of hydrogen-bond donors (Lipinski definition) is 2. The zero-order chi connectivity index (χ0) is 20.2. The second-order valence-electron chi connectivity index (χ2n) is 6.59. The van der Waals surface area contributed by atoms with Crippen LogP contribution in [0.25, 0.3) is 0 Å². The molecule has 0 radical (unpaired) electrons. The summed E-state index contributed by atoms with van der Waals surface area (Å²) in [5.41, 5.74) is 1.65. The van der Waals surface area contributed by atoms with Crippen LogP contribution in [0.4, 0.5) is 5.69 Å². The molecule has 0 heterocycles. The molecule has 0 unspecified atom stereocenters. The molecule has 0 aromatic heterocycles. The maximum absolute atomic E-state index is 12.4. The summed E-state index contributed by atoms with van der Waals surface area (Å²) in [7, 11) is -0.0355. The molecular formula is C18H24N3O5S+. The summed E-state index contributed by atoms with van der Waals surface area (Å²) < 4.78 is 32.8. The largest absolute Gasteiger partial charge is 0.450 e. The van der Waals surface area contributed by atoms with E-state index in [2.05, 4.69) is 4.72 Å². The first kappa shape index (κ1) is 20.8. The number of sulfonamides is 1. The number of nitro groups is 1. The van der Waals surface area contributed by atoms with Crippen molar-refractivity contribution < 1.29 is 23.0 Å². The van der Waals surface area contributed by atoms with Crippen molar-refractivity contribution in [3.63, 3.8) is 0 Å². The Labute approximate surface area is 159 Å². The SMILES string of the molecule is Cc1ccc(Oc2ccc(S(=O)(=O)NCC[NH+](C)C)cc2[N+](=O)[O-])cc1C. The Morgan fingerprint density at radius 3 is 2.41 bits per heavy atom. The number of rotatable bonds is 8. The average molecular weight is 394 g/mol. The summed E-state index contributed by atoms with van der Waals surface area (Å²) in [6.07, 6.45) is 0. The second kappa shape index (κ2) is 8.47. The maximum atomic E-state index is 12.4. The van der Waals surface area contributed by atoms with Crippen molar-refractivity contribution in [2.45, 2.75) is 18.7 Å². The third-order valence-corrected chi connectivity index (χ3v) is 5.52. The fourth-order valence-electron chi connectivity index (χ4n) is 2.32. The number of hydrogen-bond acceptors (Lipinski definition) is 5. The molecule has 0 atom stereocenters. The van der Waals surface area contributed by atoms with Crippen molar-refractivity contribution in [2.24, 2.45) is 0 Å². The number of aryl methyl sites for hydroxylation is 2. The van der Waals surface area contributed by atoms with Crippen molar-refractivity contribution in [3.05, 3.63) is 57.6 Å². The number of nitro benzene ring substituents is 1. The summed E-state index contributed by atoms with van der Waals surface area (Å²) >= 11 is 0. The average Bonchev–Trinajstić information content (AvgIpc) is 2.57. The molecule has 2 aromatic carbocycles. The highest BCUT2D eigenvalue weighted by Crippen LogP contribution is 2.33. The van der Waals surface area contributed by atoms with Gasteiger partial charge in [0.05, 0.1) is 37.0 Å². The molecule has 2 N–H and O–H groups in total. The summed E-state index contributed by atoms with van der Waals surface area (Å²) in [6.45, 7) is 4.69. The van der Waals surface area contributed by atoms with E-state index in [1.54, 1.807) is 12.1 Å². The van der Waals surface area contributed by atoms with E-state index in [1.165, 1.54) is 12.1 Å². The Balaban J connectivity index is 2.30. The van der Waals surface area contributed by atoms with Gasteiger partial charge in [-0.15, -0.1) is 0 Å². The molecule has 146 valence electrons. The number of quaternary nitrogens is 1. The zero-order valence-electron chi connectivity index (χ0n) is 15.8. The Hall–Kier alpha value is -2.49. The van der Waals surface area contributed by atoms with Crippen molar-refractivity contribution in [1.29, 1.82) is 0 Å². The van der Waals surface area contributed by atoms with Gasteiger partial charge in [-0.1, -0.05) is 6.07 Å². The van der Waals surface area contributed by atoms with E-state index < -0.39 is 20.6 Å². The molecule has 2 aromatic rings. The van der Waals surface area contributed by atoms with Gasteiger partial charge in [0.15, 0.2) is 0 Å². The van der Waals surface area contributed by atoms with Crippen LogP contribution in [0.2, 0.25) is 0 Å². The minimum atomic E-state index is -3.84. The second-order valence-corrected chi connectivity index (χ2v) is 8.36. The predicted molar refractivity (Wildman–Crippen MR) is 102 cm³/mol. The van der Waals surface area contributed by atoms with Gasteiger partial charge in [0, 0.05) is 6.07 Å². The van der Waals surface area contributed by atoms with Gasteiger partial charge in [0.1, 0.15) is 5.75 Å². The van der Waals surface area contributed by atoms with Gasteiger partial charge in [-0.25, -0.2) is 13.1 Å². The van der Waals surface area contributed by atoms with E-state index in [-0.39, 0.29) is 17.2 Å². The van der Waals surface area contributed by atoms with Crippen LogP contribution in [0, 0.1) is 24.0 Å². The third-order valence-electron chi connectivity index (χ3n) is 4.06. The van der Waals surface area contributed by atoms with E-state index in [0.29, 0.717) is 12.3 Å². The lowest BCUT2D eigenvalue weighted by atomic mass is 10.1. The summed E-state index contributed by atoms with van der Waals surface area (Å²) in [4.78, 5) is 11.7. The van der Waals surface area contributed by atoms with Gasteiger partial charge in [-0.2, -0.15) is 0 Å². The van der Waals surface area contributed by atoms with Crippen LogP contribution >= 0.6 is 0 Å². The summed E-state index contributed by atoms with van der Waals surface area (Å²) in [6, 6.07) is 8.96. The Kier molecular flexibility index (Phi) is 6.53. The zero-order valence-corrected chi connectivity index (χ0v) is 16.6. The van der Waals surface area contributed by atoms with E-state index in [1.807, 2.05) is 34.0 Å². The van der Waals surface area contributed by atoms with Crippen LogP contribution in [0.15, 0.2) is 41.3 Å². The molecular weight excluding hydrogens is 370 g/mol. The van der Waals surface area contributed by atoms with Crippen molar-refractivity contribution >= 4 is 15.7 Å². The highest BCUT2D eigenvalue weighted by Gasteiger charge is 2.23. The molecule has 0 bridgehead atoms. The van der Waals surface area contributed by atoms with Crippen LogP contribution in [-0.2, 0) is 10.0 Å². The third kappa shape index (κ3) is 5.49. The topological polar surface area (TPSA) is 103 Å². The summed E-state index contributed by atoms with van der Waals surface area (Å²) in [5.74, 6) is 0.434. The van der Waals surface area contributed by atoms with Crippen LogP contribution < -0.4 is 14.4 Å². The van der Waals surface area contributed by atoms with Gasteiger partial charge in [-0.3, -0.25) is 10.1 Å². The van der Waals surface area contributed by atoms with Crippen LogP contribution in [0.5, 0.6) is 11.5 Å². The molecule has 9 heteroatoms. The Bertz CT molecular complexity index is 942. The van der Waals surface area contributed by atoms with Crippen molar-refractivity contribution in [1.82, 2.24) is 4.72 Å². The normalized spacial score (nSPS) is 11.6. The quantitative estimate of drug-likeness (QED) is 0.521. The van der Waals surface area contributed by atoms with Gasteiger partial charge in [0.2, 0.25) is 15.8 Å². The number of ether oxygens (including phenoxy) is 1. The minimum Gasteiger partial charge on any atom is -0.450 e. The van der Waals surface area contributed by atoms with E-state index >= 15 is 0 Å². The standard InChI is InChI=1S/C18H23N3O5S/c1-13-5-6-15(11-14(13)2)26-18-8-7-16(12-17(18)21(22)23)27(24,25)19-9-10-20(3)4/h5-8,11-12,19H,9-10H2,1-4H3/p+1. The van der Waals surface area contributed by atoms with Gasteiger partial charge in [0.25, 0.3) is 0 Å². The van der Waals surface area contributed by atoms with E-state index in [9.17, 15) is 18.5 Å². The van der Waals surface area contributed by atoms with E-state index in [4.69, 9.17) is 4.74 Å². The van der Waals surface area contributed by atoms with Gasteiger partial charge < -0.3 is 9.64 Å². The van der Waals surface area contributed by atoms with Crippen LogP contribution in [0.3, 0.4) is 0 Å². The molecule has 0 amide bonds. The van der Waals surface area contributed by atoms with Crippen molar-refractivity contribution in [3.8, 4) is 11.5 Å².